The first-order valence-corrected chi connectivity index (χ1v) is 4.07. The molecular weight excluding hydrogens is 168 g/mol. The van der Waals surface area contributed by atoms with Gasteiger partial charge in [0.2, 0.25) is 0 Å². The molecular formula is C10H12O3. The first-order valence-electron chi connectivity index (χ1n) is 4.07. The number of Topliss-reactive ketones (excluding diaryl/α,β-unsaturated/α-hetero) is 1. The van der Waals surface area contributed by atoms with E-state index in [9.17, 15) is 4.79 Å². The standard InChI is InChI=1S/C10H12O3/c11-6-10(12)8-13-7-9-4-2-1-3-5-9/h1-5,11H,6-8H2. The molecule has 0 atom stereocenters. The van der Waals surface area contributed by atoms with E-state index < -0.39 is 6.61 Å². The summed E-state index contributed by atoms with van der Waals surface area (Å²) in [5.41, 5.74) is 1.02. The van der Waals surface area contributed by atoms with Crippen molar-refractivity contribution in [3.05, 3.63) is 35.9 Å². The van der Waals surface area contributed by atoms with Crippen LogP contribution in [0.25, 0.3) is 0 Å². The van der Waals surface area contributed by atoms with Crippen LogP contribution >= 0.6 is 0 Å². The van der Waals surface area contributed by atoms with Crippen LogP contribution in [0, 0.1) is 0 Å². The molecule has 70 valence electrons. The molecule has 0 aromatic heterocycles. The highest BCUT2D eigenvalue weighted by molar-refractivity contribution is 5.80. The Labute approximate surface area is 77.0 Å². The van der Waals surface area contributed by atoms with Crippen LogP contribution in [0.1, 0.15) is 5.56 Å². The Hall–Kier alpha value is -1.19. The topological polar surface area (TPSA) is 46.5 Å². The van der Waals surface area contributed by atoms with Crippen LogP contribution in [0.4, 0.5) is 0 Å². The average Bonchev–Trinajstić information content (AvgIpc) is 2.19. The van der Waals surface area contributed by atoms with Crippen molar-refractivity contribution in [3.63, 3.8) is 0 Å². The number of aliphatic hydroxyl groups is 1. The van der Waals surface area contributed by atoms with Gasteiger partial charge < -0.3 is 9.84 Å². The van der Waals surface area contributed by atoms with Gasteiger partial charge in [0.15, 0.2) is 5.78 Å². The van der Waals surface area contributed by atoms with Gasteiger partial charge in [0.1, 0.15) is 13.2 Å². The third-order valence-electron chi connectivity index (χ3n) is 1.55. The highest BCUT2D eigenvalue weighted by atomic mass is 16.5. The molecule has 0 aliphatic carbocycles. The van der Waals surface area contributed by atoms with Crippen molar-refractivity contribution >= 4 is 5.78 Å². The number of carbonyl (C=O) groups is 1. The molecule has 0 unspecified atom stereocenters. The first-order chi connectivity index (χ1) is 6.33. The summed E-state index contributed by atoms with van der Waals surface area (Å²) in [4.78, 5) is 10.6. The molecule has 1 aromatic rings. The van der Waals surface area contributed by atoms with E-state index in [2.05, 4.69) is 0 Å². The predicted octanol–water partition coefficient (Wildman–Crippen LogP) is 0.765. The van der Waals surface area contributed by atoms with Gasteiger partial charge in [0.25, 0.3) is 0 Å². The molecule has 0 fully saturated rings. The number of ketones is 1. The molecule has 0 bridgehead atoms. The number of benzene rings is 1. The molecule has 0 saturated carbocycles. The molecule has 1 N–H and O–H groups in total. The van der Waals surface area contributed by atoms with Gasteiger partial charge in [0.05, 0.1) is 6.61 Å². The van der Waals surface area contributed by atoms with Crippen LogP contribution in [-0.2, 0) is 16.1 Å². The lowest BCUT2D eigenvalue weighted by atomic mass is 10.2. The molecule has 3 heteroatoms. The monoisotopic (exact) mass is 180 g/mol. The minimum absolute atomic E-state index is 0.0224. The molecule has 0 amide bonds. The van der Waals surface area contributed by atoms with Crippen molar-refractivity contribution in [2.24, 2.45) is 0 Å². The van der Waals surface area contributed by atoms with Crippen LogP contribution in [0.2, 0.25) is 0 Å². The molecule has 0 aliphatic heterocycles. The quantitative estimate of drug-likeness (QED) is 0.727. The van der Waals surface area contributed by atoms with Crippen LogP contribution in [0.3, 0.4) is 0 Å². The number of aliphatic hydroxyl groups excluding tert-OH is 1. The van der Waals surface area contributed by atoms with Gasteiger partial charge in [-0.05, 0) is 5.56 Å². The Morgan fingerprint density at radius 2 is 2.00 bits per heavy atom. The molecule has 1 aromatic carbocycles. The van der Waals surface area contributed by atoms with Crippen LogP contribution in [-0.4, -0.2) is 24.1 Å². The number of hydrogen-bond donors (Lipinski definition) is 1. The van der Waals surface area contributed by atoms with Crippen molar-refractivity contribution in [2.45, 2.75) is 6.61 Å². The van der Waals surface area contributed by atoms with Crippen molar-refractivity contribution in [3.8, 4) is 0 Å². The number of carbonyl (C=O) groups excluding carboxylic acids is 1. The highest BCUT2D eigenvalue weighted by Gasteiger charge is 1.98. The zero-order chi connectivity index (χ0) is 9.52. The molecule has 0 radical (unpaired) electrons. The fourth-order valence-electron chi connectivity index (χ4n) is 0.903. The van der Waals surface area contributed by atoms with Gasteiger partial charge in [-0.1, -0.05) is 30.3 Å². The zero-order valence-corrected chi connectivity index (χ0v) is 7.27. The molecule has 0 spiro atoms. The van der Waals surface area contributed by atoms with Gasteiger partial charge in [-0.2, -0.15) is 0 Å². The second-order valence-corrected chi connectivity index (χ2v) is 2.68. The van der Waals surface area contributed by atoms with Gasteiger partial charge in [-0.25, -0.2) is 0 Å². The number of ether oxygens (including phenoxy) is 1. The molecule has 0 heterocycles. The lowest BCUT2D eigenvalue weighted by Gasteiger charge is -2.01. The molecule has 0 saturated heterocycles. The summed E-state index contributed by atoms with van der Waals surface area (Å²) < 4.78 is 5.06. The maximum atomic E-state index is 10.6. The Bertz CT molecular complexity index is 256. The predicted molar refractivity (Wildman–Crippen MR) is 48.2 cm³/mol. The minimum atomic E-state index is -0.450. The molecule has 0 aliphatic rings. The summed E-state index contributed by atoms with van der Waals surface area (Å²) in [6.07, 6.45) is 0. The highest BCUT2D eigenvalue weighted by Crippen LogP contribution is 1.99. The van der Waals surface area contributed by atoms with E-state index in [0.717, 1.165) is 5.56 Å². The number of rotatable bonds is 5. The van der Waals surface area contributed by atoms with Gasteiger partial charge in [-0.3, -0.25) is 4.79 Å². The maximum absolute atomic E-state index is 10.6. The fraction of sp³-hybridized carbons (Fsp3) is 0.300. The van der Waals surface area contributed by atoms with Crippen molar-refractivity contribution in [1.29, 1.82) is 0 Å². The second-order valence-electron chi connectivity index (χ2n) is 2.68. The van der Waals surface area contributed by atoms with Gasteiger partial charge in [-0.15, -0.1) is 0 Å². The van der Waals surface area contributed by atoms with Crippen LogP contribution in [0.5, 0.6) is 0 Å². The maximum Gasteiger partial charge on any atom is 0.183 e. The van der Waals surface area contributed by atoms with E-state index >= 15 is 0 Å². The molecule has 13 heavy (non-hydrogen) atoms. The van der Waals surface area contributed by atoms with E-state index in [-0.39, 0.29) is 12.4 Å². The summed E-state index contributed by atoms with van der Waals surface area (Å²) in [5, 5.41) is 8.40. The largest absolute Gasteiger partial charge is 0.388 e. The molecule has 3 nitrogen and oxygen atoms in total. The third kappa shape index (κ3) is 3.83. The van der Waals surface area contributed by atoms with Gasteiger partial charge >= 0.3 is 0 Å². The van der Waals surface area contributed by atoms with Crippen molar-refractivity contribution in [1.82, 2.24) is 0 Å². The van der Waals surface area contributed by atoms with E-state index in [1.165, 1.54) is 0 Å². The minimum Gasteiger partial charge on any atom is -0.388 e. The van der Waals surface area contributed by atoms with Crippen LogP contribution in [0.15, 0.2) is 30.3 Å². The summed E-state index contributed by atoms with van der Waals surface area (Å²) in [6, 6.07) is 9.58. The third-order valence-corrected chi connectivity index (χ3v) is 1.55. The Morgan fingerprint density at radius 1 is 1.31 bits per heavy atom. The summed E-state index contributed by atoms with van der Waals surface area (Å²) in [5.74, 6) is -0.295. The Morgan fingerprint density at radius 3 is 2.62 bits per heavy atom. The normalized spacial score (nSPS) is 9.92. The zero-order valence-electron chi connectivity index (χ0n) is 7.27. The van der Waals surface area contributed by atoms with E-state index in [4.69, 9.17) is 9.84 Å². The average molecular weight is 180 g/mol. The van der Waals surface area contributed by atoms with Crippen LogP contribution < -0.4 is 0 Å². The lowest BCUT2D eigenvalue weighted by Crippen LogP contribution is -2.12. The van der Waals surface area contributed by atoms with E-state index in [1.54, 1.807) is 0 Å². The lowest BCUT2D eigenvalue weighted by molar-refractivity contribution is -0.126. The smallest absolute Gasteiger partial charge is 0.183 e. The van der Waals surface area contributed by atoms with E-state index in [0.29, 0.717) is 6.61 Å². The van der Waals surface area contributed by atoms with Crippen molar-refractivity contribution in [2.75, 3.05) is 13.2 Å². The van der Waals surface area contributed by atoms with Crippen molar-refractivity contribution < 1.29 is 14.6 Å². The summed E-state index contributed by atoms with van der Waals surface area (Å²) >= 11 is 0. The Balaban J connectivity index is 2.24. The SMILES string of the molecule is O=C(CO)COCc1ccccc1. The second kappa shape index (κ2) is 5.45. The first kappa shape index (κ1) is 9.89. The summed E-state index contributed by atoms with van der Waals surface area (Å²) in [6.45, 7) is -0.0627. The Kier molecular flexibility index (Phi) is 4.15. The number of hydrogen-bond acceptors (Lipinski definition) is 3. The summed E-state index contributed by atoms with van der Waals surface area (Å²) in [7, 11) is 0. The fourth-order valence-corrected chi connectivity index (χ4v) is 0.903. The van der Waals surface area contributed by atoms with Gasteiger partial charge in [0, 0.05) is 0 Å². The molecule has 1 rings (SSSR count). The van der Waals surface area contributed by atoms with E-state index in [1.807, 2.05) is 30.3 Å².